The smallest absolute Gasteiger partial charge is 0.416 e. The molecule has 10 heteroatoms. The van der Waals surface area contributed by atoms with E-state index < -0.39 is 23.6 Å². The van der Waals surface area contributed by atoms with Gasteiger partial charge in [-0.2, -0.15) is 13.2 Å². The maximum absolute atomic E-state index is 14.0. The van der Waals surface area contributed by atoms with Crippen molar-refractivity contribution in [3.05, 3.63) is 93.8 Å². The zero-order valence-corrected chi connectivity index (χ0v) is 23.8. The number of esters is 1. The fourth-order valence-corrected chi connectivity index (χ4v) is 5.45. The molecule has 0 radical (unpaired) electrons. The van der Waals surface area contributed by atoms with E-state index in [1.807, 2.05) is 30.0 Å². The van der Waals surface area contributed by atoms with E-state index in [4.69, 9.17) is 4.74 Å². The minimum atomic E-state index is -4.56. The SMILES string of the molecule is COC(=O)c1cc2cc(CCc3cc(NC(=O)c4ccc(CN5CCC(C)C5)c(C(F)(F)F)c4)ccc3C)cnc2[nH]1. The Labute approximate surface area is 242 Å². The zero-order valence-electron chi connectivity index (χ0n) is 23.8. The molecule has 3 heterocycles. The molecule has 0 aliphatic carbocycles. The molecule has 1 aliphatic heterocycles. The second-order valence-corrected chi connectivity index (χ2v) is 11.1. The quantitative estimate of drug-likeness (QED) is 0.232. The molecule has 1 aliphatic rings. The Morgan fingerprint density at radius 1 is 1.10 bits per heavy atom. The Bertz CT molecular complexity index is 1630. The molecule has 1 fully saturated rings. The van der Waals surface area contributed by atoms with Crippen LogP contribution in [0, 0.1) is 12.8 Å². The fraction of sp³-hybridized carbons (Fsp3) is 0.344. The average molecular weight is 579 g/mol. The van der Waals surface area contributed by atoms with Crippen molar-refractivity contribution in [1.82, 2.24) is 14.9 Å². The summed E-state index contributed by atoms with van der Waals surface area (Å²) >= 11 is 0. The van der Waals surface area contributed by atoms with E-state index in [1.54, 1.807) is 18.3 Å². The Hall–Kier alpha value is -4.18. The van der Waals surface area contributed by atoms with Crippen LogP contribution < -0.4 is 5.32 Å². The Morgan fingerprint density at radius 3 is 2.62 bits per heavy atom. The van der Waals surface area contributed by atoms with Gasteiger partial charge in [-0.25, -0.2) is 9.78 Å². The minimum Gasteiger partial charge on any atom is -0.464 e. The third-order valence-electron chi connectivity index (χ3n) is 7.80. The first-order valence-corrected chi connectivity index (χ1v) is 13.9. The third-order valence-corrected chi connectivity index (χ3v) is 7.80. The summed E-state index contributed by atoms with van der Waals surface area (Å²) in [6.45, 7) is 5.80. The van der Waals surface area contributed by atoms with Crippen LogP contribution in [0.5, 0.6) is 0 Å². The summed E-state index contributed by atoms with van der Waals surface area (Å²) in [5, 5.41) is 3.56. The van der Waals surface area contributed by atoms with Gasteiger partial charge < -0.3 is 15.0 Å². The Balaban J connectivity index is 1.28. The van der Waals surface area contributed by atoms with E-state index >= 15 is 0 Å². The van der Waals surface area contributed by atoms with Crippen LogP contribution in [0.2, 0.25) is 0 Å². The molecule has 0 spiro atoms. The maximum Gasteiger partial charge on any atom is 0.416 e. The van der Waals surface area contributed by atoms with Gasteiger partial charge in [0.2, 0.25) is 0 Å². The first-order valence-electron chi connectivity index (χ1n) is 13.9. The van der Waals surface area contributed by atoms with E-state index in [0.717, 1.165) is 47.7 Å². The van der Waals surface area contributed by atoms with Crippen LogP contribution in [0.15, 0.2) is 54.7 Å². The molecule has 7 nitrogen and oxygen atoms in total. The molecule has 220 valence electrons. The van der Waals surface area contributed by atoms with E-state index in [9.17, 15) is 22.8 Å². The molecule has 1 unspecified atom stereocenters. The summed E-state index contributed by atoms with van der Waals surface area (Å²) < 4.78 is 46.6. The lowest BCUT2D eigenvalue weighted by atomic mass is 10.00. The molecular formula is C32H33F3N4O3. The highest BCUT2D eigenvalue weighted by Gasteiger charge is 2.35. The number of H-pyrrole nitrogens is 1. The summed E-state index contributed by atoms with van der Waals surface area (Å²) in [5.41, 5.74) is 3.77. The van der Waals surface area contributed by atoms with Crippen LogP contribution in [0.1, 0.15) is 62.0 Å². The summed E-state index contributed by atoms with van der Waals surface area (Å²) in [4.78, 5) is 34.2. The molecule has 5 rings (SSSR count). The monoisotopic (exact) mass is 578 g/mol. The largest absolute Gasteiger partial charge is 0.464 e. The van der Waals surface area contributed by atoms with Crippen molar-refractivity contribution >= 4 is 28.6 Å². The van der Waals surface area contributed by atoms with Gasteiger partial charge in [0.1, 0.15) is 11.3 Å². The van der Waals surface area contributed by atoms with Crippen LogP contribution in [0.4, 0.5) is 18.9 Å². The first kappa shape index (κ1) is 29.3. The number of anilines is 1. The van der Waals surface area contributed by atoms with E-state index in [2.05, 4.69) is 22.2 Å². The number of halogens is 3. The summed E-state index contributed by atoms with van der Waals surface area (Å²) in [6.07, 6.45) is -0.539. The lowest BCUT2D eigenvalue weighted by Crippen LogP contribution is -2.23. The van der Waals surface area contributed by atoms with Crippen LogP contribution in [0.3, 0.4) is 0 Å². The van der Waals surface area contributed by atoms with Gasteiger partial charge in [-0.15, -0.1) is 0 Å². The molecular weight excluding hydrogens is 545 g/mol. The lowest BCUT2D eigenvalue weighted by Gasteiger charge is -2.20. The number of ether oxygens (including phenoxy) is 1. The number of aryl methyl sites for hydroxylation is 3. The predicted molar refractivity (Wildman–Crippen MR) is 154 cm³/mol. The second-order valence-electron chi connectivity index (χ2n) is 11.1. The topological polar surface area (TPSA) is 87.3 Å². The van der Waals surface area contributed by atoms with Crippen molar-refractivity contribution in [2.75, 3.05) is 25.5 Å². The molecule has 2 aromatic heterocycles. The van der Waals surface area contributed by atoms with Crippen LogP contribution in [-0.2, 0) is 30.3 Å². The summed E-state index contributed by atoms with van der Waals surface area (Å²) in [5.74, 6) is -0.601. The molecule has 4 aromatic rings. The maximum atomic E-state index is 14.0. The predicted octanol–water partition coefficient (Wildman–Crippen LogP) is 6.56. The number of aromatic amines is 1. The minimum absolute atomic E-state index is 0.0415. The first-order chi connectivity index (χ1) is 20.0. The van der Waals surface area contributed by atoms with Crippen LogP contribution in [-0.4, -0.2) is 46.9 Å². The number of nitrogens with zero attached hydrogens (tertiary/aromatic N) is 2. The second kappa shape index (κ2) is 12.0. The number of aromatic nitrogens is 2. The molecule has 2 aromatic carbocycles. The third kappa shape index (κ3) is 6.65. The highest BCUT2D eigenvalue weighted by molar-refractivity contribution is 6.04. The number of nitrogens with one attached hydrogen (secondary N) is 2. The number of benzene rings is 2. The number of rotatable bonds is 8. The van der Waals surface area contributed by atoms with E-state index in [1.165, 1.54) is 19.2 Å². The summed E-state index contributed by atoms with van der Waals surface area (Å²) in [7, 11) is 1.32. The van der Waals surface area contributed by atoms with Gasteiger partial charge in [-0.3, -0.25) is 9.69 Å². The molecule has 42 heavy (non-hydrogen) atoms. The molecule has 1 atom stereocenters. The van der Waals surface area contributed by atoms with Gasteiger partial charge in [-0.05, 0) is 97.3 Å². The van der Waals surface area contributed by atoms with Crippen molar-refractivity contribution in [3.63, 3.8) is 0 Å². The number of pyridine rings is 1. The zero-order chi connectivity index (χ0) is 30.0. The van der Waals surface area contributed by atoms with Gasteiger partial charge >= 0.3 is 12.1 Å². The molecule has 1 amide bonds. The lowest BCUT2D eigenvalue weighted by molar-refractivity contribution is -0.138. The Kier molecular flexibility index (Phi) is 8.36. The van der Waals surface area contributed by atoms with E-state index in [-0.39, 0.29) is 17.7 Å². The number of carbonyl (C=O) groups excluding carboxylic acids is 2. The van der Waals surface area contributed by atoms with Gasteiger partial charge in [0, 0.05) is 35.9 Å². The number of likely N-dealkylation sites (tertiary alicyclic amines) is 1. The Morgan fingerprint density at radius 2 is 1.90 bits per heavy atom. The molecule has 0 bridgehead atoms. The van der Waals surface area contributed by atoms with Crippen molar-refractivity contribution in [1.29, 1.82) is 0 Å². The molecule has 0 saturated carbocycles. The van der Waals surface area contributed by atoms with Crippen molar-refractivity contribution in [3.8, 4) is 0 Å². The van der Waals surface area contributed by atoms with Crippen LogP contribution in [0.25, 0.3) is 11.0 Å². The van der Waals surface area contributed by atoms with Crippen molar-refractivity contribution in [2.24, 2.45) is 5.92 Å². The number of methoxy groups -OCH3 is 1. The standard InChI is InChI=1S/C32H33F3N4O3/c1-19-10-11-39(17-19)18-24-8-7-23(14-27(24)32(33,34)35)30(40)37-26-9-4-20(2)22(13-26)6-5-21-12-25-15-28(31(41)42-3)38-29(25)36-16-21/h4,7-9,12-16,19H,5-6,10-11,17-18H2,1-3H3,(H,36,38)(H,37,40). The van der Waals surface area contributed by atoms with Gasteiger partial charge in [-0.1, -0.05) is 19.1 Å². The van der Waals surface area contributed by atoms with Gasteiger partial charge in [0.05, 0.1) is 12.7 Å². The fourth-order valence-electron chi connectivity index (χ4n) is 5.45. The van der Waals surface area contributed by atoms with Gasteiger partial charge in [0.15, 0.2) is 0 Å². The number of amides is 1. The van der Waals surface area contributed by atoms with Gasteiger partial charge in [0.25, 0.3) is 5.91 Å². The number of fused-ring (bicyclic) bond motifs is 1. The highest BCUT2D eigenvalue weighted by atomic mass is 19.4. The number of carbonyl (C=O) groups is 2. The normalized spacial score (nSPS) is 15.7. The summed E-state index contributed by atoms with van der Waals surface area (Å²) in [6, 6.07) is 13.0. The molecule has 1 saturated heterocycles. The number of hydrogen-bond donors (Lipinski definition) is 2. The van der Waals surface area contributed by atoms with Crippen LogP contribution >= 0.6 is 0 Å². The highest BCUT2D eigenvalue weighted by Crippen LogP contribution is 2.34. The van der Waals surface area contributed by atoms with Crippen molar-refractivity contribution < 1.29 is 27.5 Å². The average Bonchev–Trinajstić information content (AvgIpc) is 3.57. The number of alkyl halides is 3. The van der Waals surface area contributed by atoms with E-state index in [0.29, 0.717) is 35.8 Å². The molecule has 2 N–H and O–H groups in total. The van der Waals surface area contributed by atoms with Crippen molar-refractivity contribution in [2.45, 2.75) is 45.8 Å². The number of hydrogen-bond acceptors (Lipinski definition) is 5.